The highest BCUT2D eigenvalue weighted by Gasteiger charge is 2.22. The molecule has 0 bridgehead atoms. The molecule has 1 amide bonds. The van der Waals surface area contributed by atoms with Gasteiger partial charge in [-0.3, -0.25) is 4.79 Å². The first-order valence-corrected chi connectivity index (χ1v) is 9.03. The SMILES string of the molecule is COCc1cccc(C(=O)Nc2cc(C(C)(C)C)nn2-c2ccc(F)cc2)c1. The number of rotatable bonds is 5. The number of nitrogens with zero attached hydrogens (tertiary/aromatic N) is 2. The smallest absolute Gasteiger partial charge is 0.256 e. The maximum absolute atomic E-state index is 13.3. The van der Waals surface area contributed by atoms with Gasteiger partial charge in [-0.05, 0) is 42.0 Å². The number of nitrogens with one attached hydrogen (secondary N) is 1. The van der Waals surface area contributed by atoms with E-state index in [1.54, 1.807) is 36.1 Å². The number of methoxy groups -OCH3 is 1. The van der Waals surface area contributed by atoms with Crippen LogP contribution in [-0.2, 0) is 16.8 Å². The first-order valence-electron chi connectivity index (χ1n) is 9.03. The van der Waals surface area contributed by atoms with Gasteiger partial charge in [0.1, 0.15) is 11.6 Å². The fourth-order valence-electron chi connectivity index (χ4n) is 2.77. The van der Waals surface area contributed by atoms with Gasteiger partial charge < -0.3 is 10.1 Å². The molecule has 0 aliphatic heterocycles. The molecule has 0 saturated heterocycles. The Bertz CT molecular complexity index is 972. The molecular formula is C22H24FN3O2. The number of hydrogen-bond donors (Lipinski definition) is 1. The average Bonchev–Trinajstić information content (AvgIpc) is 3.07. The van der Waals surface area contributed by atoms with E-state index in [0.29, 0.717) is 23.7 Å². The normalized spacial score (nSPS) is 11.5. The second-order valence-electron chi connectivity index (χ2n) is 7.64. The average molecular weight is 381 g/mol. The van der Waals surface area contributed by atoms with Crippen LogP contribution in [0.1, 0.15) is 42.4 Å². The van der Waals surface area contributed by atoms with Gasteiger partial charge in [-0.15, -0.1) is 0 Å². The van der Waals surface area contributed by atoms with Crippen LogP contribution in [0.15, 0.2) is 54.6 Å². The summed E-state index contributed by atoms with van der Waals surface area (Å²) in [6, 6.07) is 15.1. The van der Waals surface area contributed by atoms with Crippen LogP contribution in [0.3, 0.4) is 0 Å². The molecule has 0 spiro atoms. The Morgan fingerprint density at radius 3 is 2.50 bits per heavy atom. The van der Waals surface area contributed by atoms with E-state index < -0.39 is 0 Å². The van der Waals surface area contributed by atoms with Crippen molar-refractivity contribution in [3.63, 3.8) is 0 Å². The summed E-state index contributed by atoms with van der Waals surface area (Å²) in [5.74, 6) is -0.0483. The Labute approximate surface area is 164 Å². The van der Waals surface area contributed by atoms with Crippen molar-refractivity contribution in [2.24, 2.45) is 0 Å². The zero-order valence-corrected chi connectivity index (χ0v) is 16.5. The van der Waals surface area contributed by atoms with Crippen molar-refractivity contribution in [2.45, 2.75) is 32.8 Å². The van der Waals surface area contributed by atoms with Crippen LogP contribution in [0.25, 0.3) is 5.69 Å². The van der Waals surface area contributed by atoms with Gasteiger partial charge in [-0.1, -0.05) is 32.9 Å². The first-order chi connectivity index (χ1) is 13.3. The molecule has 0 fully saturated rings. The molecule has 2 aromatic carbocycles. The molecule has 5 nitrogen and oxygen atoms in total. The second kappa shape index (κ2) is 7.94. The third-order valence-electron chi connectivity index (χ3n) is 4.29. The summed E-state index contributed by atoms with van der Waals surface area (Å²) in [5.41, 5.74) is 2.72. The van der Waals surface area contributed by atoms with Gasteiger partial charge in [-0.25, -0.2) is 9.07 Å². The van der Waals surface area contributed by atoms with Crippen molar-refractivity contribution in [2.75, 3.05) is 12.4 Å². The summed E-state index contributed by atoms with van der Waals surface area (Å²) in [6.45, 7) is 6.57. The van der Waals surface area contributed by atoms with Crippen molar-refractivity contribution in [1.29, 1.82) is 0 Å². The number of benzene rings is 2. The molecule has 0 radical (unpaired) electrons. The summed E-state index contributed by atoms with van der Waals surface area (Å²) in [4.78, 5) is 12.8. The molecule has 28 heavy (non-hydrogen) atoms. The molecule has 3 rings (SSSR count). The maximum Gasteiger partial charge on any atom is 0.256 e. The third kappa shape index (κ3) is 4.46. The lowest BCUT2D eigenvalue weighted by Crippen LogP contribution is -2.15. The monoisotopic (exact) mass is 381 g/mol. The van der Waals surface area contributed by atoms with Crippen LogP contribution >= 0.6 is 0 Å². The summed E-state index contributed by atoms with van der Waals surface area (Å²) in [5, 5.41) is 7.56. The first kappa shape index (κ1) is 19.8. The molecule has 0 saturated carbocycles. The Morgan fingerprint density at radius 2 is 1.86 bits per heavy atom. The van der Waals surface area contributed by atoms with E-state index in [9.17, 15) is 9.18 Å². The van der Waals surface area contributed by atoms with Crippen molar-refractivity contribution in [3.05, 3.63) is 77.2 Å². The van der Waals surface area contributed by atoms with E-state index in [-0.39, 0.29) is 17.1 Å². The van der Waals surface area contributed by atoms with Gasteiger partial charge >= 0.3 is 0 Å². The molecule has 1 aromatic heterocycles. The van der Waals surface area contributed by atoms with Crippen molar-refractivity contribution < 1.29 is 13.9 Å². The van der Waals surface area contributed by atoms with Gasteiger partial charge in [0.05, 0.1) is 18.0 Å². The number of carbonyl (C=O) groups is 1. The lowest BCUT2D eigenvalue weighted by molar-refractivity contribution is 0.102. The molecule has 0 unspecified atom stereocenters. The van der Waals surface area contributed by atoms with Crippen molar-refractivity contribution in [3.8, 4) is 5.69 Å². The number of carbonyl (C=O) groups excluding carboxylic acids is 1. The van der Waals surface area contributed by atoms with Gasteiger partial charge in [0.15, 0.2) is 0 Å². The fraction of sp³-hybridized carbons (Fsp3) is 0.273. The minimum atomic E-state index is -0.326. The fourth-order valence-corrected chi connectivity index (χ4v) is 2.77. The number of aromatic nitrogens is 2. The number of anilines is 1. The van der Waals surface area contributed by atoms with Crippen LogP contribution in [-0.4, -0.2) is 22.8 Å². The highest BCUT2D eigenvalue weighted by Crippen LogP contribution is 2.26. The van der Waals surface area contributed by atoms with E-state index in [1.807, 2.05) is 39.0 Å². The molecule has 146 valence electrons. The van der Waals surface area contributed by atoms with Crippen molar-refractivity contribution in [1.82, 2.24) is 9.78 Å². The highest BCUT2D eigenvalue weighted by atomic mass is 19.1. The van der Waals surface area contributed by atoms with E-state index in [1.165, 1.54) is 12.1 Å². The van der Waals surface area contributed by atoms with Gasteiger partial charge in [0.25, 0.3) is 5.91 Å². The Morgan fingerprint density at radius 1 is 1.14 bits per heavy atom. The van der Waals surface area contributed by atoms with Gasteiger partial charge in [0.2, 0.25) is 0 Å². The summed E-state index contributed by atoms with van der Waals surface area (Å²) < 4.78 is 20.1. The predicted molar refractivity (Wildman–Crippen MR) is 107 cm³/mol. The molecule has 6 heteroatoms. The number of halogens is 1. The topological polar surface area (TPSA) is 56.1 Å². The lowest BCUT2D eigenvalue weighted by Gasteiger charge is -2.14. The Hall–Kier alpha value is -2.99. The summed E-state index contributed by atoms with van der Waals surface area (Å²) >= 11 is 0. The predicted octanol–water partition coefficient (Wildman–Crippen LogP) is 4.71. The number of hydrogen-bond acceptors (Lipinski definition) is 3. The molecular weight excluding hydrogens is 357 g/mol. The zero-order chi connectivity index (χ0) is 20.3. The standard InChI is InChI=1S/C22H24FN3O2/c1-22(2,3)19-13-20(26(25-19)18-10-8-17(23)9-11-18)24-21(27)16-7-5-6-15(12-16)14-28-4/h5-13H,14H2,1-4H3,(H,24,27). The molecule has 1 heterocycles. The lowest BCUT2D eigenvalue weighted by atomic mass is 9.92. The number of ether oxygens (including phenoxy) is 1. The number of amides is 1. The highest BCUT2D eigenvalue weighted by molar-refractivity contribution is 6.04. The molecule has 0 atom stereocenters. The van der Waals surface area contributed by atoms with Gasteiger partial charge in [0, 0.05) is 24.2 Å². The Kier molecular flexibility index (Phi) is 5.61. The molecule has 0 aliphatic carbocycles. The molecule has 1 N–H and O–H groups in total. The summed E-state index contributed by atoms with van der Waals surface area (Å²) in [6.07, 6.45) is 0. The van der Waals surface area contributed by atoms with E-state index in [2.05, 4.69) is 10.4 Å². The van der Waals surface area contributed by atoms with Crippen LogP contribution in [0.4, 0.5) is 10.2 Å². The largest absolute Gasteiger partial charge is 0.380 e. The maximum atomic E-state index is 13.3. The van der Waals surface area contributed by atoms with E-state index in [4.69, 9.17) is 4.74 Å². The van der Waals surface area contributed by atoms with Crippen LogP contribution in [0.5, 0.6) is 0 Å². The Balaban J connectivity index is 1.96. The van der Waals surface area contributed by atoms with Crippen LogP contribution in [0.2, 0.25) is 0 Å². The minimum Gasteiger partial charge on any atom is -0.380 e. The van der Waals surface area contributed by atoms with Gasteiger partial charge in [-0.2, -0.15) is 5.10 Å². The van der Waals surface area contributed by atoms with Crippen LogP contribution in [0, 0.1) is 5.82 Å². The summed E-state index contributed by atoms with van der Waals surface area (Å²) in [7, 11) is 1.61. The van der Waals surface area contributed by atoms with E-state index in [0.717, 1.165) is 11.3 Å². The molecule has 0 aliphatic rings. The minimum absolute atomic E-state index is 0.205. The van der Waals surface area contributed by atoms with Crippen molar-refractivity contribution >= 4 is 11.7 Å². The third-order valence-corrected chi connectivity index (χ3v) is 4.29. The van der Waals surface area contributed by atoms with Crippen LogP contribution < -0.4 is 5.32 Å². The molecule has 3 aromatic rings. The van der Waals surface area contributed by atoms with E-state index >= 15 is 0 Å². The zero-order valence-electron chi connectivity index (χ0n) is 16.5. The second-order valence-corrected chi connectivity index (χ2v) is 7.64. The quantitative estimate of drug-likeness (QED) is 0.696.